The molecular weight excluding hydrogens is 176 g/mol. The van der Waals surface area contributed by atoms with E-state index in [-0.39, 0.29) is 11.2 Å². The van der Waals surface area contributed by atoms with Crippen LogP contribution in [0.2, 0.25) is 0 Å². The third-order valence-electron chi connectivity index (χ3n) is 2.40. The van der Waals surface area contributed by atoms with Crippen LogP contribution in [-0.4, -0.2) is 10.4 Å². The molecule has 3 heteroatoms. The number of anilines is 1. The second kappa shape index (κ2) is 3.15. The Balaban J connectivity index is 3.27. The third-order valence-corrected chi connectivity index (χ3v) is 2.40. The standard InChI is InChI=1S/C11H18N2O/c1-7-6-8(12)9(13(7)5)10(14)11(2,3)4/h6H,12H2,1-5H3. The first kappa shape index (κ1) is 10.8. The van der Waals surface area contributed by atoms with Crippen LogP contribution in [0.4, 0.5) is 5.69 Å². The van der Waals surface area contributed by atoms with Crippen molar-refractivity contribution in [2.24, 2.45) is 12.5 Å². The van der Waals surface area contributed by atoms with Gasteiger partial charge >= 0.3 is 0 Å². The van der Waals surface area contributed by atoms with Gasteiger partial charge in [-0.15, -0.1) is 0 Å². The quantitative estimate of drug-likeness (QED) is 0.696. The summed E-state index contributed by atoms with van der Waals surface area (Å²) in [4.78, 5) is 12.0. The average Bonchev–Trinajstić information content (AvgIpc) is 2.24. The van der Waals surface area contributed by atoms with E-state index < -0.39 is 0 Å². The molecule has 1 heterocycles. The first-order chi connectivity index (χ1) is 6.25. The van der Waals surface area contributed by atoms with E-state index in [1.54, 1.807) is 0 Å². The number of Topliss-reactive ketones (excluding diaryl/α,β-unsaturated/α-hetero) is 1. The highest BCUT2D eigenvalue weighted by Crippen LogP contribution is 2.26. The maximum Gasteiger partial charge on any atom is 0.186 e. The predicted molar refractivity (Wildman–Crippen MR) is 58.3 cm³/mol. The van der Waals surface area contributed by atoms with Crippen LogP contribution in [0.1, 0.15) is 37.0 Å². The fourth-order valence-electron chi connectivity index (χ4n) is 1.40. The van der Waals surface area contributed by atoms with E-state index in [1.165, 1.54) is 0 Å². The van der Waals surface area contributed by atoms with Crippen molar-refractivity contribution in [2.75, 3.05) is 5.73 Å². The van der Waals surface area contributed by atoms with Crippen LogP contribution >= 0.6 is 0 Å². The van der Waals surface area contributed by atoms with Gasteiger partial charge in [0.1, 0.15) is 5.69 Å². The molecule has 0 bridgehead atoms. The maximum atomic E-state index is 12.0. The molecule has 0 unspecified atom stereocenters. The number of aryl methyl sites for hydroxylation is 1. The summed E-state index contributed by atoms with van der Waals surface area (Å²) < 4.78 is 1.85. The van der Waals surface area contributed by atoms with Gasteiger partial charge < -0.3 is 10.3 Å². The zero-order valence-corrected chi connectivity index (χ0v) is 9.51. The first-order valence-corrected chi connectivity index (χ1v) is 4.71. The molecule has 2 N–H and O–H groups in total. The van der Waals surface area contributed by atoms with Gasteiger partial charge in [0.15, 0.2) is 5.78 Å². The molecule has 0 fully saturated rings. The van der Waals surface area contributed by atoms with E-state index in [4.69, 9.17) is 5.73 Å². The van der Waals surface area contributed by atoms with Crippen molar-refractivity contribution in [3.8, 4) is 0 Å². The Bertz CT molecular complexity index is 369. The molecule has 0 aliphatic rings. The average molecular weight is 194 g/mol. The highest BCUT2D eigenvalue weighted by molar-refractivity contribution is 6.02. The molecule has 14 heavy (non-hydrogen) atoms. The molecule has 0 aliphatic carbocycles. The molecule has 0 spiro atoms. The number of hydrogen-bond acceptors (Lipinski definition) is 2. The molecule has 0 saturated heterocycles. The summed E-state index contributed by atoms with van der Waals surface area (Å²) in [6.07, 6.45) is 0. The molecule has 0 aliphatic heterocycles. The monoisotopic (exact) mass is 194 g/mol. The Labute approximate surface area is 84.9 Å². The molecule has 0 amide bonds. The lowest BCUT2D eigenvalue weighted by Gasteiger charge is -2.17. The molecule has 78 valence electrons. The lowest BCUT2D eigenvalue weighted by Crippen LogP contribution is -2.23. The Kier molecular flexibility index (Phi) is 2.44. The minimum absolute atomic E-state index is 0.0885. The van der Waals surface area contributed by atoms with Crippen molar-refractivity contribution in [1.29, 1.82) is 0 Å². The number of nitrogens with two attached hydrogens (primary N) is 1. The van der Waals surface area contributed by atoms with E-state index >= 15 is 0 Å². The second-order valence-corrected chi connectivity index (χ2v) is 4.73. The smallest absolute Gasteiger partial charge is 0.186 e. The van der Waals surface area contributed by atoms with E-state index in [0.29, 0.717) is 11.4 Å². The first-order valence-electron chi connectivity index (χ1n) is 4.71. The van der Waals surface area contributed by atoms with Crippen LogP contribution < -0.4 is 5.73 Å². The lowest BCUT2D eigenvalue weighted by atomic mass is 9.88. The van der Waals surface area contributed by atoms with Crippen LogP contribution in [-0.2, 0) is 7.05 Å². The van der Waals surface area contributed by atoms with E-state index in [0.717, 1.165) is 5.69 Å². The van der Waals surface area contributed by atoms with Crippen LogP contribution in [0.3, 0.4) is 0 Å². The Morgan fingerprint density at radius 2 is 1.93 bits per heavy atom. The Hall–Kier alpha value is -1.25. The van der Waals surface area contributed by atoms with Crippen molar-refractivity contribution < 1.29 is 4.79 Å². The van der Waals surface area contributed by atoms with Gasteiger partial charge in [-0.3, -0.25) is 4.79 Å². The molecule has 3 nitrogen and oxygen atoms in total. The summed E-state index contributed by atoms with van der Waals surface area (Å²) >= 11 is 0. The molecule has 1 rings (SSSR count). The Morgan fingerprint density at radius 3 is 2.21 bits per heavy atom. The van der Waals surface area contributed by atoms with Crippen LogP contribution in [0, 0.1) is 12.3 Å². The van der Waals surface area contributed by atoms with Gasteiger partial charge in [-0.25, -0.2) is 0 Å². The summed E-state index contributed by atoms with van der Waals surface area (Å²) in [7, 11) is 1.87. The largest absolute Gasteiger partial charge is 0.397 e. The second-order valence-electron chi connectivity index (χ2n) is 4.73. The summed E-state index contributed by atoms with van der Waals surface area (Å²) in [5.74, 6) is 0.0885. The van der Waals surface area contributed by atoms with Gasteiger partial charge in [0.25, 0.3) is 0 Å². The highest BCUT2D eigenvalue weighted by atomic mass is 16.1. The minimum Gasteiger partial charge on any atom is -0.397 e. The number of ketones is 1. The SMILES string of the molecule is Cc1cc(N)c(C(=O)C(C)(C)C)n1C. The summed E-state index contributed by atoms with van der Waals surface area (Å²) in [5, 5.41) is 0. The third kappa shape index (κ3) is 1.67. The normalized spacial score (nSPS) is 11.8. The predicted octanol–water partition coefficient (Wildman–Crippen LogP) is 2.14. The van der Waals surface area contributed by atoms with Crippen molar-refractivity contribution in [3.63, 3.8) is 0 Å². The minimum atomic E-state index is -0.382. The molecule has 0 radical (unpaired) electrons. The fraction of sp³-hybridized carbons (Fsp3) is 0.545. The van der Waals surface area contributed by atoms with E-state index in [2.05, 4.69) is 0 Å². The number of carbonyl (C=O) groups is 1. The number of carbonyl (C=O) groups excluding carboxylic acids is 1. The van der Waals surface area contributed by atoms with Crippen molar-refractivity contribution in [3.05, 3.63) is 17.5 Å². The molecule has 1 aromatic rings. The lowest BCUT2D eigenvalue weighted by molar-refractivity contribution is 0.0850. The van der Waals surface area contributed by atoms with Crippen molar-refractivity contribution >= 4 is 11.5 Å². The van der Waals surface area contributed by atoms with Gasteiger partial charge in [-0.2, -0.15) is 0 Å². The maximum absolute atomic E-state index is 12.0. The Morgan fingerprint density at radius 1 is 1.43 bits per heavy atom. The van der Waals surface area contributed by atoms with Gasteiger partial charge in [-0.05, 0) is 13.0 Å². The molecule has 0 atom stereocenters. The number of rotatable bonds is 1. The molecule has 0 saturated carbocycles. The van der Waals surface area contributed by atoms with Crippen molar-refractivity contribution in [2.45, 2.75) is 27.7 Å². The number of nitrogen functional groups attached to an aromatic ring is 1. The number of nitrogens with zero attached hydrogens (tertiary/aromatic N) is 1. The zero-order chi connectivity index (χ0) is 11.1. The summed E-state index contributed by atoms with van der Waals surface area (Å²) in [6.45, 7) is 7.64. The van der Waals surface area contributed by atoms with Gasteiger partial charge in [0.05, 0.1) is 5.69 Å². The van der Waals surface area contributed by atoms with E-state index in [1.807, 2.05) is 45.4 Å². The van der Waals surface area contributed by atoms with Crippen LogP contribution in [0.15, 0.2) is 6.07 Å². The van der Waals surface area contributed by atoms with Crippen molar-refractivity contribution in [1.82, 2.24) is 4.57 Å². The zero-order valence-electron chi connectivity index (χ0n) is 9.51. The topological polar surface area (TPSA) is 48.0 Å². The number of aromatic nitrogens is 1. The van der Waals surface area contributed by atoms with Gasteiger partial charge in [-0.1, -0.05) is 20.8 Å². The van der Waals surface area contributed by atoms with Crippen LogP contribution in [0.5, 0.6) is 0 Å². The summed E-state index contributed by atoms with van der Waals surface area (Å²) in [6, 6.07) is 1.83. The number of hydrogen-bond donors (Lipinski definition) is 1. The van der Waals surface area contributed by atoms with Gasteiger partial charge in [0.2, 0.25) is 0 Å². The van der Waals surface area contributed by atoms with Gasteiger partial charge in [0, 0.05) is 18.2 Å². The summed E-state index contributed by atoms with van der Waals surface area (Å²) in [5.41, 5.74) is 7.62. The molecule has 0 aromatic carbocycles. The highest BCUT2D eigenvalue weighted by Gasteiger charge is 2.27. The molecule has 1 aromatic heterocycles. The van der Waals surface area contributed by atoms with E-state index in [9.17, 15) is 4.79 Å². The fourth-order valence-corrected chi connectivity index (χ4v) is 1.40. The molecular formula is C11H18N2O. The van der Waals surface area contributed by atoms with Crippen LogP contribution in [0.25, 0.3) is 0 Å².